The molecule has 1 aromatic heterocycles. The topological polar surface area (TPSA) is 30.0 Å². The van der Waals surface area contributed by atoms with E-state index in [0.29, 0.717) is 5.56 Å². The van der Waals surface area contributed by atoms with Crippen molar-refractivity contribution in [1.82, 2.24) is 4.98 Å². The number of halogens is 2. The van der Waals surface area contributed by atoms with Gasteiger partial charge in [0.15, 0.2) is 5.78 Å². The lowest BCUT2D eigenvalue weighted by atomic mass is 10.0. The predicted octanol–water partition coefficient (Wildman–Crippen LogP) is 2.79. The summed E-state index contributed by atoms with van der Waals surface area (Å²) in [6.07, 6.45) is 3.12. The first kappa shape index (κ1) is 11.4. The zero-order chi connectivity index (χ0) is 12.3. The lowest BCUT2D eigenvalue weighted by Crippen LogP contribution is -2.06. The van der Waals surface area contributed by atoms with Crippen LogP contribution in [0.25, 0.3) is 0 Å². The number of hydrogen-bond donors (Lipinski definition) is 0. The Kier molecular flexibility index (Phi) is 3.23. The van der Waals surface area contributed by atoms with Crippen LogP contribution in [0.4, 0.5) is 8.78 Å². The number of carbonyl (C=O) groups is 1. The molecular weight excluding hydrogens is 224 g/mol. The first-order valence-electron chi connectivity index (χ1n) is 5.04. The summed E-state index contributed by atoms with van der Waals surface area (Å²) in [5, 5.41) is 0. The van der Waals surface area contributed by atoms with Crippen LogP contribution in [-0.2, 0) is 6.42 Å². The Labute approximate surface area is 96.9 Å². The second-order valence-electron chi connectivity index (χ2n) is 3.58. The highest BCUT2D eigenvalue weighted by molar-refractivity contribution is 5.97. The summed E-state index contributed by atoms with van der Waals surface area (Å²) < 4.78 is 26.2. The normalized spacial score (nSPS) is 10.2. The molecule has 0 N–H and O–H groups in total. The maximum absolute atomic E-state index is 13.3. The lowest BCUT2D eigenvalue weighted by molar-refractivity contribution is 0.0988. The molecule has 86 valence electrons. The van der Waals surface area contributed by atoms with Gasteiger partial charge < -0.3 is 0 Å². The number of nitrogens with zero attached hydrogens (tertiary/aromatic N) is 1. The maximum Gasteiger partial charge on any atom is 0.170 e. The van der Waals surface area contributed by atoms with Crippen LogP contribution in [0.5, 0.6) is 0 Å². The molecule has 2 rings (SSSR count). The van der Waals surface area contributed by atoms with Gasteiger partial charge >= 0.3 is 0 Å². The molecule has 1 aromatic carbocycles. The van der Waals surface area contributed by atoms with Crippen molar-refractivity contribution in [3.8, 4) is 0 Å². The molecule has 0 radical (unpaired) electrons. The van der Waals surface area contributed by atoms with Crippen molar-refractivity contribution >= 4 is 5.78 Å². The Morgan fingerprint density at radius 2 is 1.82 bits per heavy atom. The van der Waals surface area contributed by atoms with Crippen LogP contribution in [0.3, 0.4) is 0 Å². The Morgan fingerprint density at radius 3 is 2.53 bits per heavy atom. The highest BCUT2D eigenvalue weighted by Gasteiger charge is 2.13. The van der Waals surface area contributed by atoms with Gasteiger partial charge in [0.1, 0.15) is 11.6 Å². The van der Waals surface area contributed by atoms with Crippen molar-refractivity contribution in [1.29, 1.82) is 0 Å². The molecule has 2 nitrogen and oxygen atoms in total. The molecular formula is C13H9F2NO. The molecule has 1 heterocycles. The van der Waals surface area contributed by atoms with Crippen molar-refractivity contribution < 1.29 is 13.6 Å². The fraction of sp³-hybridized carbons (Fsp3) is 0.0769. The van der Waals surface area contributed by atoms with Gasteiger partial charge in [0.2, 0.25) is 0 Å². The molecule has 0 unspecified atom stereocenters. The number of hydrogen-bond acceptors (Lipinski definition) is 2. The highest BCUT2D eigenvalue weighted by Crippen LogP contribution is 2.13. The van der Waals surface area contributed by atoms with Crippen molar-refractivity contribution in [2.45, 2.75) is 6.42 Å². The summed E-state index contributed by atoms with van der Waals surface area (Å²) in [4.78, 5) is 15.6. The summed E-state index contributed by atoms with van der Waals surface area (Å²) in [6, 6.07) is 6.18. The highest BCUT2D eigenvalue weighted by atomic mass is 19.1. The van der Waals surface area contributed by atoms with Crippen molar-refractivity contribution in [3.05, 3.63) is 65.5 Å². The second-order valence-corrected chi connectivity index (χ2v) is 3.58. The molecule has 0 saturated heterocycles. The minimum atomic E-state index is -0.703. The van der Waals surface area contributed by atoms with E-state index in [4.69, 9.17) is 0 Å². The van der Waals surface area contributed by atoms with Crippen LogP contribution in [-0.4, -0.2) is 10.8 Å². The summed E-state index contributed by atoms with van der Waals surface area (Å²) in [5.41, 5.74) is 0.496. The van der Waals surface area contributed by atoms with E-state index in [1.165, 1.54) is 0 Å². The van der Waals surface area contributed by atoms with Gasteiger partial charge in [0, 0.05) is 18.8 Å². The fourth-order valence-corrected chi connectivity index (χ4v) is 1.49. The molecule has 4 heteroatoms. The van der Waals surface area contributed by atoms with Crippen molar-refractivity contribution in [2.75, 3.05) is 0 Å². The molecule has 0 atom stereocenters. The van der Waals surface area contributed by atoms with Gasteiger partial charge in [-0.25, -0.2) is 8.78 Å². The molecule has 17 heavy (non-hydrogen) atoms. The zero-order valence-electron chi connectivity index (χ0n) is 8.86. The molecule has 0 bridgehead atoms. The van der Waals surface area contributed by atoms with Crippen LogP contribution < -0.4 is 0 Å². The molecule has 0 aliphatic rings. The number of aromatic nitrogens is 1. The van der Waals surface area contributed by atoms with Crippen molar-refractivity contribution in [2.24, 2.45) is 0 Å². The minimum Gasteiger partial charge on any atom is -0.294 e. The average molecular weight is 233 g/mol. The summed E-state index contributed by atoms with van der Waals surface area (Å²) in [5.74, 6) is -1.77. The van der Waals surface area contributed by atoms with Gasteiger partial charge in [-0.3, -0.25) is 9.78 Å². The van der Waals surface area contributed by atoms with E-state index in [1.54, 1.807) is 24.5 Å². The van der Waals surface area contributed by atoms with Gasteiger partial charge in [0.05, 0.1) is 5.56 Å². The minimum absolute atomic E-state index is 0.0306. The van der Waals surface area contributed by atoms with E-state index in [1.807, 2.05) is 0 Å². The number of benzene rings is 1. The SMILES string of the molecule is O=C(Cc1ccncc1)c1cc(F)ccc1F. The summed E-state index contributed by atoms with van der Waals surface area (Å²) >= 11 is 0. The first-order chi connectivity index (χ1) is 8.16. The van der Waals surface area contributed by atoms with Crippen molar-refractivity contribution in [3.63, 3.8) is 0 Å². The monoisotopic (exact) mass is 233 g/mol. The number of carbonyl (C=O) groups excluding carboxylic acids is 1. The van der Waals surface area contributed by atoms with Crippen LogP contribution in [0, 0.1) is 11.6 Å². The predicted molar refractivity (Wildman–Crippen MR) is 58.6 cm³/mol. The third-order valence-corrected chi connectivity index (χ3v) is 2.34. The van der Waals surface area contributed by atoms with Crippen LogP contribution in [0.15, 0.2) is 42.7 Å². The largest absolute Gasteiger partial charge is 0.294 e. The van der Waals surface area contributed by atoms with Crippen LogP contribution in [0.1, 0.15) is 15.9 Å². The Bertz CT molecular complexity index is 540. The van der Waals surface area contributed by atoms with E-state index in [9.17, 15) is 13.6 Å². The third-order valence-electron chi connectivity index (χ3n) is 2.34. The Balaban J connectivity index is 2.23. The standard InChI is InChI=1S/C13H9F2NO/c14-10-1-2-12(15)11(8-10)13(17)7-9-3-5-16-6-4-9/h1-6,8H,7H2. The van der Waals surface area contributed by atoms with E-state index < -0.39 is 17.4 Å². The van der Waals surface area contributed by atoms with E-state index in [-0.39, 0.29) is 12.0 Å². The van der Waals surface area contributed by atoms with Gasteiger partial charge in [0.25, 0.3) is 0 Å². The van der Waals surface area contributed by atoms with Gasteiger partial charge in [-0.15, -0.1) is 0 Å². The number of pyridine rings is 1. The zero-order valence-corrected chi connectivity index (χ0v) is 8.86. The van der Waals surface area contributed by atoms with Crippen LogP contribution >= 0.6 is 0 Å². The third kappa shape index (κ3) is 2.72. The molecule has 2 aromatic rings. The quantitative estimate of drug-likeness (QED) is 0.763. The average Bonchev–Trinajstić information content (AvgIpc) is 2.33. The molecule has 0 saturated carbocycles. The number of ketones is 1. The lowest BCUT2D eigenvalue weighted by Gasteiger charge is -2.02. The van der Waals surface area contributed by atoms with E-state index in [2.05, 4.69) is 4.98 Å². The first-order valence-corrected chi connectivity index (χ1v) is 5.04. The maximum atomic E-state index is 13.3. The fourth-order valence-electron chi connectivity index (χ4n) is 1.49. The second kappa shape index (κ2) is 4.82. The number of Topliss-reactive ketones (excluding diaryl/α,β-unsaturated/α-hetero) is 1. The van der Waals surface area contributed by atoms with Gasteiger partial charge in [-0.1, -0.05) is 0 Å². The molecule has 0 fully saturated rings. The summed E-state index contributed by atoms with van der Waals surface area (Å²) in [7, 11) is 0. The summed E-state index contributed by atoms with van der Waals surface area (Å²) in [6.45, 7) is 0. The van der Waals surface area contributed by atoms with E-state index >= 15 is 0 Å². The number of rotatable bonds is 3. The Morgan fingerprint density at radius 1 is 1.12 bits per heavy atom. The van der Waals surface area contributed by atoms with Gasteiger partial charge in [-0.05, 0) is 35.9 Å². The molecule has 0 spiro atoms. The van der Waals surface area contributed by atoms with Crippen LogP contribution in [0.2, 0.25) is 0 Å². The van der Waals surface area contributed by atoms with Gasteiger partial charge in [-0.2, -0.15) is 0 Å². The van der Waals surface area contributed by atoms with E-state index in [0.717, 1.165) is 18.2 Å². The molecule has 0 aliphatic carbocycles. The Hall–Kier alpha value is -2.10. The molecule has 0 aliphatic heterocycles. The molecule has 0 amide bonds. The smallest absolute Gasteiger partial charge is 0.170 e.